The fourth-order valence-electron chi connectivity index (χ4n) is 4.07. The summed E-state index contributed by atoms with van der Waals surface area (Å²) in [6, 6.07) is 0. The van der Waals surface area contributed by atoms with E-state index in [1.54, 1.807) is 4.68 Å². The predicted molar refractivity (Wildman–Crippen MR) is 98.4 cm³/mol. The summed E-state index contributed by atoms with van der Waals surface area (Å²) in [5.74, 6) is -0.258. The summed E-state index contributed by atoms with van der Waals surface area (Å²) in [5, 5.41) is 14.4. The van der Waals surface area contributed by atoms with Gasteiger partial charge in [0, 0.05) is 6.54 Å². The lowest BCUT2D eigenvalue weighted by Gasteiger charge is -2.34. The van der Waals surface area contributed by atoms with Gasteiger partial charge >= 0.3 is 0 Å². The van der Waals surface area contributed by atoms with Crippen LogP contribution >= 0.6 is 0 Å². The first kappa shape index (κ1) is 18.6. The highest BCUT2D eigenvalue weighted by atomic mass is 16.2. The molecule has 1 aromatic heterocycles. The molecule has 0 radical (unpaired) electrons. The van der Waals surface area contributed by atoms with Crippen molar-refractivity contribution in [2.75, 3.05) is 6.54 Å². The molecule has 0 aromatic carbocycles. The Hall–Kier alpha value is -2.18. The van der Waals surface area contributed by atoms with Crippen LogP contribution in [-0.4, -0.2) is 38.9 Å². The number of amides is 2. The van der Waals surface area contributed by atoms with Crippen LogP contribution in [0.15, 0.2) is 12.7 Å². The van der Waals surface area contributed by atoms with Crippen LogP contribution in [0, 0.1) is 0 Å². The maximum Gasteiger partial charge on any atom is 0.243 e. The minimum absolute atomic E-state index is 0.0836. The van der Waals surface area contributed by atoms with Crippen molar-refractivity contribution < 1.29 is 9.59 Å². The average molecular weight is 359 g/mol. The molecule has 0 spiro atoms. The maximum absolute atomic E-state index is 12.5. The van der Waals surface area contributed by atoms with Crippen LogP contribution in [0.3, 0.4) is 0 Å². The molecule has 26 heavy (non-hydrogen) atoms. The third-order valence-electron chi connectivity index (χ3n) is 5.55. The number of nitrogens with one attached hydrogen (secondary N) is 2. The summed E-state index contributed by atoms with van der Waals surface area (Å²) in [6.45, 7) is 4.18. The molecule has 1 heterocycles. The third-order valence-corrected chi connectivity index (χ3v) is 5.55. The molecule has 0 aliphatic heterocycles. The molecule has 7 heteroatoms. The molecular weight excluding hydrogens is 330 g/mol. The van der Waals surface area contributed by atoms with Crippen LogP contribution in [0.5, 0.6) is 0 Å². The number of nitrogens with zero attached hydrogens (tertiary/aromatic N) is 3. The zero-order valence-corrected chi connectivity index (χ0v) is 15.4. The largest absolute Gasteiger partial charge is 0.352 e. The predicted octanol–water partition coefficient (Wildman–Crippen LogP) is 1.67. The molecule has 7 nitrogen and oxygen atoms in total. The van der Waals surface area contributed by atoms with Crippen molar-refractivity contribution in [1.29, 1.82) is 0 Å². The van der Waals surface area contributed by atoms with Crippen LogP contribution in [-0.2, 0) is 29.0 Å². The first-order valence-corrected chi connectivity index (χ1v) is 9.74. The smallest absolute Gasteiger partial charge is 0.243 e. The van der Waals surface area contributed by atoms with Crippen LogP contribution in [0.4, 0.5) is 0 Å². The molecule has 2 aliphatic carbocycles. The Kier molecular flexibility index (Phi) is 6.06. The molecule has 2 amide bonds. The van der Waals surface area contributed by atoms with Gasteiger partial charge in [0.1, 0.15) is 6.54 Å². The molecule has 1 aromatic rings. The van der Waals surface area contributed by atoms with Gasteiger partial charge in [-0.3, -0.25) is 9.59 Å². The summed E-state index contributed by atoms with van der Waals surface area (Å²) in [6.07, 6.45) is 11.7. The van der Waals surface area contributed by atoms with E-state index in [1.807, 2.05) is 0 Å². The van der Waals surface area contributed by atoms with Gasteiger partial charge in [0.05, 0.1) is 16.9 Å². The van der Waals surface area contributed by atoms with Gasteiger partial charge in [0.15, 0.2) is 0 Å². The van der Waals surface area contributed by atoms with E-state index in [1.165, 1.54) is 18.9 Å². The first-order valence-electron chi connectivity index (χ1n) is 9.74. The molecule has 0 atom stereocenters. The van der Waals surface area contributed by atoms with Gasteiger partial charge in [-0.25, -0.2) is 4.68 Å². The van der Waals surface area contributed by atoms with Gasteiger partial charge in [-0.05, 0) is 44.6 Å². The zero-order valence-electron chi connectivity index (χ0n) is 15.4. The van der Waals surface area contributed by atoms with E-state index in [-0.39, 0.29) is 23.9 Å². The van der Waals surface area contributed by atoms with Crippen LogP contribution in [0.1, 0.15) is 62.8 Å². The molecule has 1 fully saturated rings. The SMILES string of the molecule is C=CC(=O)NC1(CNC(=O)Cn2nnc3c2CCCC3)CCCCCC1. The summed E-state index contributed by atoms with van der Waals surface area (Å²) in [7, 11) is 0. The van der Waals surface area contributed by atoms with Crippen molar-refractivity contribution in [3.8, 4) is 0 Å². The van der Waals surface area contributed by atoms with Gasteiger partial charge in [-0.15, -0.1) is 5.10 Å². The number of hydrogen-bond donors (Lipinski definition) is 2. The third kappa shape index (κ3) is 4.51. The number of fused-ring (bicyclic) bond motifs is 1. The Balaban J connectivity index is 1.61. The second kappa shape index (κ2) is 8.47. The number of hydrogen-bond acceptors (Lipinski definition) is 4. The quantitative estimate of drug-likeness (QED) is 0.597. The second-order valence-corrected chi connectivity index (χ2v) is 7.51. The molecule has 0 saturated heterocycles. The second-order valence-electron chi connectivity index (χ2n) is 7.51. The maximum atomic E-state index is 12.5. The fraction of sp³-hybridized carbons (Fsp3) is 0.684. The normalized spacial score (nSPS) is 19.1. The Morgan fingerprint density at radius 3 is 2.58 bits per heavy atom. The van der Waals surface area contributed by atoms with Gasteiger partial charge in [0.2, 0.25) is 11.8 Å². The molecule has 142 valence electrons. The molecule has 0 unspecified atom stereocenters. The molecule has 2 N–H and O–H groups in total. The van der Waals surface area contributed by atoms with Gasteiger partial charge in [-0.2, -0.15) is 0 Å². The molecule has 2 aliphatic rings. The van der Waals surface area contributed by atoms with E-state index in [0.29, 0.717) is 6.54 Å². The van der Waals surface area contributed by atoms with Crippen molar-refractivity contribution >= 4 is 11.8 Å². The Labute approximate surface area is 154 Å². The molecule has 1 saturated carbocycles. The van der Waals surface area contributed by atoms with Crippen molar-refractivity contribution in [3.63, 3.8) is 0 Å². The van der Waals surface area contributed by atoms with Crippen molar-refractivity contribution in [2.45, 2.75) is 76.3 Å². The Bertz CT molecular complexity index is 659. The molecule has 0 bridgehead atoms. The van der Waals surface area contributed by atoms with Gasteiger partial charge in [-0.1, -0.05) is 37.5 Å². The van der Waals surface area contributed by atoms with E-state index in [2.05, 4.69) is 27.5 Å². The van der Waals surface area contributed by atoms with Gasteiger partial charge < -0.3 is 10.6 Å². The summed E-state index contributed by atoms with van der Waals surface area (Å²) in [5.41, 5.74) is 1.75. The van der Waals surface area contributed by atoms with Crippen LogP contribution < -0.4 is 10.6 Å². The van der Waals surface area contributed by atoms with Gasteiger partial charge in [0.25, 0.3) is 0 Å². The standard InChI is InChI=1S/C19H29N5O2/c1-2-17(25)21-19(11-7-3-4-8-12-19)14-20-18(26)13-24-16-10-6-5-9-15(16)22-23-24/h2H,1,3-14H2,(H,20,26)(H,21,25). The Morgan fingerprint density at radius 1 is 1.12 bits per heavy atom. The zero-order chi connectivity index (χ0) is 18.4. The van der Waals surface area contributed by atoms with E-state index in [0.717, 1.165) is 62.8 Å². The molecule has 3 rings (SSSR count). The van der Waals surface area contributed by atoms with Crippen LogP contribution in [0.25, 0.3) is 0 Å². The summed E-state index contributed by atoms with van der Waals surface area (Å²) < 4.78 is 1.73. The van der Waals surface area contributed by atoms with Crippen LogP contribution in [0.2, 0.25) is 0 Å². The topological polar surface area (TPSA) is 88.9 Å². The minimum Gasteiger partial charge on any atom is -0.352 e. The number of rotatable bonds is 6. The highest BCUT2D eigenvalue weighted by Gasteiger charge is 2.32. The number of carbonyl (C=O) groups excluding carboxylic acids is 2. The average Bonchev–Trinajstić information content (AvgIpc) is 2.91. The van der Waals surface area contributed by atoms with Crippen molar-refractivity contribution in [2.24, 2.45) is 0 Å². The van der Waals surface area contributed by atoms with E-state index in [4.69, 9.17) is 0 Å². The lowest BCUT2D eigenvalue weighted by molar-refractivity contribution is -0.123. The molecular formula is C19H29N5O2. The first-order chi connectivity index (χ1) is 12.6. The van der Waals surface area contributed by atoms with E-state index >= 15 is 0 Å². The monoisotopic (exact) mass is 359 g/mol. The summed E-state index contributed by atoms with van der Waals surface area (Å²) >= 11 is 0. The lowest BCUT2D eigenvalue weighted by Crippen LogP contribution is -2.55. The number of aromatic nitrogens is 3. The highest BCUT2D eigenvalue weighted by Crippen LogP contribution is 2.27. The number of aryl methyl sites for hydroxylation is 1. The van der Waals surface area contributed by atoms with E-state index in [9.17, 15) is 9.59 Å². The lowest BCUT2D eigenvalue weighted by atomic mass is 9.89. The fourth-order valence-corrected chi connectivity index (χ4v) is 4.07. The number of carbonyl (C=O) groups is 2. The highest BCUT2D eigenvalue weighted by molar-refractivity contribution is 5.87. The minimum atomic E-state index is -0.376. The van der Waals surface area contributed by atoms with E-state index < -0.39 is 0 Å². The summed E-state index contributed by atoms with van der Waals surface area (Å²) in [4.78, 5) is 24.4. The Morgan fingerprint density at radius 2 is 1.85 bits per heavy atom. The van der Waals surface area contributed by atoms with Crippen molar-refractivity contribution in [1.82, 2.24) is 25.6 Å². The van der Waals surface area contributed by atoms with Crippen molar-refractivity contribution in [3.05, 3.63) is 24.0 Å².